The summed E-state index contributed by atoms with van der Waals surface area (Å²) in [7, 11) is 3.13. The van der Waals surface area contributed by atoms with E-state index >= 15 is 0 Å². The van der Waals surface area contributed by atoms with Crippen molar-refractivity contribution in [2.45, 2.75) is 70.7 Å². The number of aliphatic hydroxyl groups excluding tert-OH is 1. The first-order chi connectivity index (χ1) is 19.5. The van der Waals surface area contributed by atoms with Crippen molar-refractivity contribution in [1.29, 1.82) is 0 Å². The summed E-state index contributed by atoms with van der Waals surface area (Å²) in [6.45, 7) is 7.84. The number of benzene rings is 2. The third-order valence-electron chi connectivity index (χ3n) is 6.43. The molecule has 0 radical (unpaired) electrons. The van der Waals surface area contributed by atoms with Crippen LogP contribution in [-0.4, -0.2) is 67.6 Å². The SMILES string of the molecule is COc1ccc(CNNC(=O)[C@@]2(CCC(=O)OC(C)(C)C)N=C(c3ccc(OCCCO)cc3)O[C@H]2C)c(OC)c1. The molecular weight excluding hydrogens is 530 g/mol. The van der Waals surface area contributed by atoms with Gasteiger partial charge in [-0.05, 0) is 64.4 Å². The molecule has 0 aliphatic carbocycles. The molecule has 224 valence electrons. The summed E-state index contributed by atoms with van der Waals surface area (Å²) in [6.07, 6.45) is -0.0883. The number of methoxy groups -OCH3 is 2. The van der Waals surface area contributed by atoms with Crippen LogP contribution in [0.5, 0.6) is 17.2 Å². The zero-order chi connectivity index (χ0) is 30.0. The van der Waals surface area contributed by atoms with E-state index in [9.17, 15) is 9.59 Å². The number of rotatable bonds is 14. The van der Waals surface area contributed by atoms with Crippen LogP contribution in [0.15, 0.2) is 47.5 Å². The van der Waals surface area contributed by atoms with Gasteiger partial charge < -0.3 is 28.8 Å². The minimum Gasteiger partial charge on any atom is -0.497 e. The lowest BCUT2D eigenvalue weighted by atomic mass is 9.88. The lowest BCUT2D eigenvalue weighted by molar-refractivity contribution is -0.155. The van der Waals surface area contributed by atoms with Gasteiger partial charge in [0.05, 0.1) is 20.8 Å². The van der Waals surface area contributed by atoms with Crippen molar-refractivity contribution < 1.29 is 38.4 Å². The number of ether oxygens (including phenoxy) is 5. The number of nitrogens with one attached hydrogen (secondary N) is 2. The highest BCUT2D eigenvalue weighted by Gasteiger charge is 2.50. The molecule has 3 rings (SSSR count). The molecule has 41 heavy (non-hydrogen) atoms. The van der Waals surface area contributed by atoms with E-state index in [1.54, 1.807) is 78.3 Å². The van der Waals surface area contributed by atoms with Gasteiger partial charge in [0, 0.05) is 43.2 Å². The zero-order valence-electron chi connectivity index (χ0n) is 24.6. The van der Waals surface area contributed by atoms with Gasteiger partial charge in [0.2, 0.25) is 5.90 Å². The summed E-state index contributed by atoms with van der Waals surface area (Å²) in [5, 5.41) is 8.95. The second kappa shape index (κ2) is 14.2. The summed E-state index contributed by atoms with van der Waals surface area (Å²) in [4.78, 5) is 31.0. The van der Waals surface area contributed by atoms with E-state index < -0.39 is 29.1 Å². The fourth-order valence-electron chi connectivity index (χ4n) is 4.26. The monoisotopic (exact) mass is 571 g/mol. The predicted octanol–water partition coefficient (Wildman–Crippen LogP) is 3.31. The Kier molecular flexibility index (Phi) is 11.0. The average molecular weight is 572 g/mol. The van der Waals surface area contributed by atoms with Crippen LogP contribution < -0.4 is 25.1 Å². The first kappa shape index (κ1) is 31.7. The summed E-state index contributed by atoms with van der Waals surface area (Å²) in [5.41, 5.74) is 5.12. The molecule has 0 spiro atoms. The smallest absolute Gasteiger partial charge is 0.306 e. The quantitative estimate of drug-likeness (QED) is 0.177. The first-order valence-electron chi connectivity index (χ1n) is 13.6. The lowest BCUT2D eigenvalue weighted by Gasteiger charge is -2.28. The molecule has 0 saturated heterocycles. The van der Waals surface area contributed by atoms with Crippen LogP contribution in [0, 0.1) is 0 Å². The minimum absolute atomic E-state index is 0.0287. The summed E-state index contributed by atoms with van der Waals surface area (Å²) < 4.78 is 27.8. The number of hydrogen-bond donors (Lipinski definition) is 3. The van der Waals surface area contributed by atoms with Crippen LogP contribution in [0.4, 0.5) is 0 Å². The third-order valence-corrected chi connectivity index (χ3v) is 6.43. The van der Waals surface area contributed by atoms with E-state index in [0.717, 1.165) is 5.56 Å². The van der Waals surface area contributed by atoms with Gasteiger partial charge in [-0.2, -0.15) is 0 Å². The number of carbonyl (C=O) groups excluding carboxylic acids is 2. The maximum atomic E-state index is 13.7. The van der Waals surface area contributed by atoms with Gasteiger partial charge in [0.25, 0.3) is 5.91 Å². The van der Waals surface area contributed by atoms with Crippen LogP contribution in [0.3, 0.4) is 0 Å². The minimum atomic E-state index is -1.39. The molecule has 11 heteroatoms. The number of amides is 1. The molecule has 2 aromatic carbocycles. The Morgan fingerprint density at radius 1 is 1.07 bits per heavy atom. The summed E-state index contributed by atoms with van der Waals surface area (Å²) in [6, 6.07) is 12.5. The van der Waals surface area contributed by atoms with Crippen LogP contribution in [0.25, 0.3) is 0 Å². The topological polar surface area (TPSA) is 137 Å². The van der Waals surface area contributed by atoms with Crippen molar-refractivity contribution in [1.82, 2.24) is 10.9 Å². The number of hydrazine groups is 1. The molecule has 1 aliphatic rings. The molecule has 0 fully saturated rings. The van der Waals surface area contributed by atoms with E-state index in [4.69, 9.17) is 33.8 Å². The standard InChI is InChI=1S/C30H41N3O8/c1-20-30(15-14-26(35)41-29(2,3)4,28(36)33-31-19-22-10-13-24(37-5)18-25(22)38-6)32-27(40-20)21-8-11-23(12-9-21)39-17-7-16-34/h8-13,18,20,31,34H,7,14-17,19H2,1-6H3,(H,33,36)/t20-,30-/m0/s1. The normalized spacial score (nSPS) is 18.2. The largest absolute Gasteiger partial charge is 0.497 e. The molecule has 1 amide bonds. The van der Waals surface area contributed by atoms with E-state index in [0.29, 0.717) is 35.8 Å². The Morgan fingerprint density at radius 2 is 1.78 bits per heavy atom. The van der Waals surface area contributed by atoms with Gasteiger partial charge in [0.1, 0.15) is 29.0 Å². The van der Waals surface area contributed by atoms with E-state index in [1.165, 1.54) is 0 Å². The van der Waals surface area contributed by atoms with E-state index in [2.05, 4.69) is 10.9 Å². The van der Waals surface area contributed by atoms with Gasteiger partial charge in [-0.25, -0.2) is 10.4 Å². The fourth-order valence-corrected chi connectivity index (χ4v) is 4.26. The number of carbonyl (C=O) groups is 2. The van der Waals surface area contributed by atoms with Crippen molar-refractivity contribution in [3.63, 3.8) is 0 Å². The lowest BCUT2D eigenvalue weighted by Crippen LogP contribution is -2.54. The highest BCUT2D eigenvalue weighted by Crippen LogP contribution is 2.34. The molecule has 3 N–H and O–H groups in total. The van der Waals surface area contributed by atoms with Crippen molar-refractivity contribution in [2.75, 3.05) is 27.4 Å². The number of hydrogen-bond acceptors (Lipinski definition) is 10. The fraction of sp³-hybridized carbons (Fsp3) is 0.500. The third kappa shape index (κ3) is 8.58. The number of esters is 1. The van der Waals surface area contributed by atoms with Crippen molar-refractivity contribution in [2.24, 2.45) is 4.99 Å². The molecule has 0 saturated carbocycles. The van der Waals surface area contributed by atoms with Gasteiger partial charge in [-0.1, -0.05) is 6.07 Å². The molecular formula is C30H41N3O8. The van der Waals surface area contributed by atoms with Crippen LogP contribution in [0.2, 0.25) is 0 Å². The van der Waals surface area contributed by atoms with Crippen LogP contribution >= 0.6 is 0 Å². The second-order valence-corrected chi connectivity index (χ2v) is 10.6. The number of aliphatic imine (C=N–C) groups is 1. The molecule has 1 heterocycles. The molecule has 0 unspecified atom stereocenters. The maximum absolute atomic E-state index is 13.7. The highest BCUT2D eigenvalue weighted by molar-refractivity contribution is 6.00. The Morgan fingerprint density at radius 3 is 2.41 bits per heavy atom. The number of nitrogens with zero attached hydrogens (tertiary/aromatic N) is 1. The Bertz CT molecular complexity index is 1210. The molecule has 2 aromatic rings. The van der Waals surface area contributed by atoms with E-state index in [1.807, 2.05) is 6.07 Å². The zero-order valence-corrected chi connectivity index (χ0v) is 24.6. The Labute approximate surface area is 241 Å². The predicted molar refractivity (Wildman–Crippen MR) is 153 cm³/mol. The molecule has 1 aliphatic heterocycles. The van der Waals surface area contributed by atoms with Crippen molar-refractivity contribution in [3.05, 3.63) is 53.6 Å². The number of aliphatic hydroxyl groups is 1. The second-order valence-electron chi connectivity index (χ2n) is 10.6. The van der Waals surface area contributed by atoms with Crippen molar-refractivity contribution in [3.8, 4) is 17.2 Å². The molecule has 0 bridgehead atoms. The summed E-state index contributed by atoms with van der Waals surface area (Å²) >= 11 is 0. The maximum Gasteiger partial charge on any atom is 0.306 e. The Balaban J connectivity index is 1.79. The first-order valence-corrected chi connectivity index (χ1v) is 13.6. The molecule has 2 atom stereocenters. The highest BCUT2D eigenvalue weighted by atomic mass is 16.6. The van der Waals surface area contributed by atoms with Crippen molar-refractivity contribution >= 4 is 17.8 Å². The van der Waals surface area contributed by atoms with Crippen LogP contribution in [-0.2, 0) is 25.6 Å². The molecule has 11 nitrogen and oxygen atoms in total. The molecule has 0 aromatic heterocycles. The van der Waals surface area contributed by atoms with Gasteiger partial charge in [0.15, 0.2) is 5.54 Å². The van der Waals surface area contributed by atoms with Gasteiger partial charge in [-0.15, -0.1) is 0 Å². The Hall–Kier alpha value is -3.83. The van der Waals surface area contributed by atoms with Gasteiger partial charge in [-0.3, -0.25) is 15.0 Å². The van der Waals surface area contributed by atoms with Crippen LogP contribution in [0.1, 0.15) is 58.1 Å². The van der Waals surface area contributed by atoms with E-state index in [-0.39, 0.29) is 31.9 Å². The average Bonchev–Trinajstić information content (AvgIpc) is 3.28. The van der Waals surface area contributed by atoms with Gasteiger partial charge >= 0.3 is 5.97 Å². The summed E-state index contributed by atoms with van der Waals surface area (Å²) in [5.74, 6) is 1.31.